The summed E-state index contributed by atoms with van der Waals surface area (Å²) in [7, 11) is 4.08. The second-order valence-corrected chi connectivity index (χ2v) is 4.80. The Hall–Kier alpha value is -0.610. The van der Waals surface area contributed by atoms with Gasteiger partial charge in [0.05, 0.1) is 6.54 Å². The molecule has 1 amide bonds. The van der Waals surface area contributed by atoms with Crippen molar-refractivity contribution in [2.45, 2.75) is 19.8 Å². The fourth-order valence-corrected chi connectivity index (χ4v) is 2.10. The topological polar surface area (TPSA) is 35.6 Å². The van der Waals surface area contributed by atoms with Crippen molar-refractivity contribution in [1.82, 2.24) is 15.1 Å². The molecule has 0 atom stereocenters. The minimum Gasteiger partial charge on any atom is -0.344 e. The number of likely N-dealkylation sites (tertiary alicyclic amines) is 1. The highest BCUT2D eigenvalue weighted by atomic mass is 16.2. The van der Waals surface area contributed by atoms with Crippen molar-refractivity contribution >= 4 is 5.91 Å². The Morgan fingerprint density at radius 2 is 2.06 bits per heavy atom. The summed E-state index contributed by atoms with van der Waals surface area (Å²) in [5.74, 6) is 0.896. The number of nitrogens with zero attached hydrogens (tertiary/aromatic N) is 2. The number of hydrogen-bond donors (Lipinski definition) is 1. The molecule has 0 radical (unpaired) electrons. The summed E-state index contributed by atoms with van der Waals surface area (Å²) >= 11 is 0. The van der Waals surface area contributed by atoms with E-state index in [2.05, 4.69) is 17.3 Å². The van der Waals surface area contributed by atoms with Crippen LogP contribution >= 0.6 is 0 Å². The van der Waals surface area contributed by atoms with E-state index in [-0.39, 0.29) is 5.91 Å². The standard InChI is InChI=1S/C12H25N3O/c1-4-13-9-12(16)15(3)10-11-5-7-14(2)8-6-11/h11,13H,4-10H2,1-3H3. The molecule has 0 aromatic rings. The molecule has 0 spiro atoms. The van der Waals surface area contributed by atoms with E-state index in [1.165, 1.54) is 25.9 Å². The third-order valence-electron chi connectivity index (χ3n) is 3.32. The first kappa shape index (κ1) is 13.5. The average molecular weight is 227 g/mol. The van der Waals surface area contributed by atoms with E-state index in [1.54, 1.807) is 0 Å². The molecule has 0 aliphatic carbocycles. The maximum Gasteiger partial charge on any atom is 0.236 e. The van der Waals surface area contributed by atoms with Crippen molar-refractivity contribution in [3.8, 4) is 0 Å². The predicted molar refractivity (Wildman–Crippen MR) is 66.4 cm³/mol. The lowest BCUT2D eigenvalue weighted by molar-refractivity contribution is -0.129. The minimum atomic E-state index is 0.209. The Morgan fingerprint density at radius 3 is 2.62 bits per heavy atom. The zero-order valence-corrected chi connectivity index (χ0v) is 10.8. The van der Waals surface area contributed by atoms with Crippen LogP contribution < -0.4 is 5.32 Å². The lowest BCUT2D eigenvalue weighted by atomic mass is 9.97. The normalized spacial score (nSPS) is 18.7. The molecule has 1 fully saturated rings. The van der Waals surface area contributed by atoms with Gasteiger partial charge >= 0.3 is 0 Å². The number of amides is 1. The lowest BCUT2D eigenvalue weighted by Gasteiger charge is -2.31. The first-order valence-corrected chi connectivity index (χ1v) is 6.26. The van der Waals surface area contributed by atoms with Gasteiger partial charge in [0, 0.05) is 13.6 Å². The van der Waals surface area contributed by atoms with Crippen LogP contribution in [0.5, 0.6) is 0 Å². The van der Waals surface area contributed by atoms with Crippen LogP contribution in [0, 0.1) is 5.92 Å². The van der Waals surface area contributed by atoms with E-state index in [9.17, 15) is 4.79 Å². The largest absolute Gasteiger partial charge is 0.344 e. The van der Waals surface area contributed by atoms with Crippen LogP contribution in [0.1, 0.15) is 19.8 Å². The average Bonchev–Trinajstić information content (AvgIpc) is 2.29. The van der Waals surface area contributed by atoms with Gasteiger partial charge < -0.3 is 15.1 Å². The van der Waals surface area contributed by atoms with Crippen LogP contribution in [-0.4, -0.2) is 62.5 Å². The van der Waals surface area contributed by atoms with Gasteiger partial charge in [0.25, 0.3) is 0 Å². The Kier molecular flexibility index (Phi) is 5.77. The molecular weight excluding hydrogens is 202 g/mol. The monoisotopic (exact) mass is 227 g/mol. The van der Waals surface area contributed by atoms with Crippen LogP contribution in [0.2, 0.25) is 0 Å². The number of nitrogens with one attached hydrogen (secondary N) is 1. The van der Waals surface area contributed by atoms with E-state index in [0.717, 1.165) is 13.1 Å². The van der Waals surface area contributed by atoms with Crippen molar-refractivity contribution in [1.29, 1.82) is 0 Å². The van der Waals surface area contributed by atoms with Crippen LogP contribution in [0.3, 0.4) is 0 Å². The van der Waals surface area contributed by atoms with E-state index in [0.29, 0.717) is 12.5 Å². The molecule has 4 nitrogen and oxygen atoms in total. The number of likely N-dealkylation sites (N-methyl/N-ethyl adjacent to an activating group) is 2. The van der Waals surface area contributed by atoms with Gasteiger partial charge in [0.15, 0.2) is 0 Å². The Bertz CT molecular complexity index is 212. The van der Waals surface area contributed by atoms with Gasteiger partial charge in [-0.05, 0) is 45.4 Å². The molecule has 1 aliphatic rings. The van der Waals surface area contributed by atoms with Gasteiger partial charge in [0.1, 0.15) is 0 Å². The highest BCUT2D eigenvalue weighted by molar-refractivity contribution is 5.77. The van der Waals surface area contributed by atoms with Crippen molar-refractivity contribution in [2.75, 3.05) is 46.8 Å². The van der Waals surface area contributed by atoms with Crippen LogP contribution in [0.4, 0.5) is 0 Å². The maximum absolute atomic E-state index is 11.7. The molecule has 1 aliphatic heterocycles. The Morgan fingerprint density at radius 1 is 1.44 bits per heavy atom. The highest BCUT2D eigenvalue weighted by Gasteiger charge is 2.19. The van der Waals surface area contributed by atoms with E-state index < -0.39 is 0 Å². The Balaban J connectivity index is 2.22. The lowest BCUT2D eigenvalue weighted by Crippen LogP contribution is -2.41. The third kappa shape index (κ3) is 4.49. The SMILES string of the molecule is CCNCC(=O)N(C)CC1CCN(C)CC1. The summed E-state index contributed by atoms with van der Waals surface area (Å²) in [6.07, 6.45) is 2.44. The fraction of sp³-hybridized carbons (Fsp3) is 0.917. The van der Waals surface area contributed by atoms with Crippen LogP contribution in [0.15, 0.2) is 0 Å². The van der Waals surface area contributed by atoms with Gasteiger partial charge in [-0.2, -0.15) is 0 Å². The van der Waals surface area contributed by atoms with Gasteiger partial charge in [-0.25, -0.2) is 0 Å². The Labute approximate surface area is 99.0 Å². The predicted octanol–water partition coefficient (Wildman–Crippen LogP) is 0.396. The summed E-state index contributed by atoms with van der Waals surface area (Å²) in [5.41, 5.74) is 0. The molecule has 0 aromatic heterocycles. The molecule has 1 heterocycles. The first-order chi connectivity index (χ1) is 7.63. The van der Waals surface area contributed by atoms with Gasteiger partial charge in [0.2, 0.25) is 5.91 Å². The second-order valence-electron chi connectivity index (χ2n) is 4.80. The highest BCUT2D eigenvalue weighted by Crippen LogP contribution is 2.16. The molecule has 0 bridgehead atoms. The van der Waals surface area contributed by atoms with Crippen LogP contribution in [0.25, 0.3) is 0 Å². The third-order valence-corrected chi connectivity index (χ3v) is 3.32. The minimum absolute atomic E-state index is 0.209. The number of carbonyl (C=O) groups excluding carboxylic acids is 1. The summed E-state index contributed by atoms with van der Waals surface area (Å²) in [4.78, 5) is 15.9. The molecule has 0 unspecified atom stereocenters. The van der Waals surface area contributed by atoms with E-state index >= 15 is 0 Å². The molecular formula is C12H25N3O. The van der Waals surface area contributed by atoms with Crippen LogP contribution in [-0.2, 0) is 4.79 Å². The van der Waals surface area contributed by atoms with Gasteiger partial charge in [-0.3, -0.25) is 4.79 Å². The molecule has 94 valence electrons. The second kappa shape index (κ2) is 6.86. The number of carbonyl (C=O) groups is 1. The zero-order chi connectivity index (χ0) is 12.0. The molecule has 1 rings (SSSR count). The maximum atomic E-state index is 11.7. The van der Waals surface area contributed by atoms with E-state index in [1.807, 2.05) is 18.9 Å². The van der Waals surface area contributed by atoms with Crippen molar-refractivity contribution in [3.05, 3.63) is 0 Å². The quantitative estimate of drug-likeness (QED) is 0.738. The van der Waals surface area contributed by atoms with E-state index in [4.69, 9.17) is 0 Å². The first-order valence-electron chi connectivity index (χ1n) is 6.26. The molecule has 4 heteroatoms. The fourth-order valence-electron chi connectivity index (χ4n) is 2.10. The van der Waals surface area contributed by atoms with Crippen molar-refractivity contribution in [2.24, 2.45) is 5.92 Å². The molecule has 16 heavy (non-hydrogen) atoms. The zero-order valence-electron chi connectivity index (χ0n) is 10.8. The summed E-state index contributed by atoms with van der Waals surface area (Å²) in [5, 5.41) is 3.07. The van der Waals surface area contributed by atoms with Crippen molar-refractivity contribution in [3.63, 3.8) is 0 Å². The number of hydrogen-bond acceptors (Lipinski definition) is 3. The summed E-state index contributed by atoms with van der Waals surface area (Å²) < 4.78 is 0. The molecule has 0 saturated carbocycles. The molecule has 1 N–H and O–H groups in total. The molecule has 1 saturated heterocycles. The summed E-state index contributed by atoms with van der Waals surface area (Å²) in [6, 6.07) is 0. The smallest absolute Gasteiger partial charge is 0.236 e. The van der Waals surface area contributed by atoms with Gasteiger partial charge in [-0.1, -0.05) is 6.92 Å². The molecule has 0 aromatic carbocycles. The number of piperidine rings is 1. The number of rotatable bonds is 5. The van der Waals surface area contributed by atoms with Gasteiger partial charge in [-0.15, -0.1) is 0 Å². The summed E-state index contributed by atoms with van der Waals surface area (Å²) in [6.45, 7) is 6.59. The van der Waals surface area contributed by atoms with Crippen molar-refractivity contribution < 1.29 is 4.79 Å².